The second-order valence-electron chi connectivity index (χ2n) is 6.93. The number of likely N-dealkylation sites (N-methyl/N-ethyl adjacent to an activating group) is 1. The summed E-state index contributed by atoms with van der Waals surface area (Å²) < 4.78 is 0.870. The Morgan fingerprint density at radius 3 is 2.50 bits per heavy atom. The van der Waals surface area contributed by atoms with Gasteiger partial charge in [-0.15, -0.1) is 0 Å². The Bertz CT molecular complexity index is 896. The molecule has 2 aliphatic rings. The lowest BCUT2D eigenvalue weighted by Crippen LogP contribution is -2.34. The van der Waals surface area contributed by atoms with Crippen LogP contribution in [0.15, 0.2) is 40.9 Å². The Balaban J connectivity index is 1.88. The molecular formula is C20H19BrN2O3. The lowest BCUT2D eigenvalue weighted by atomic mass is 9.83. The van der Waals surface area contributed by atoms with E-state index in [9.17, 15) is 14.7 Å². The largest absolute Gasteiger partial charge is 0.508 e. The quantitative estimate of drug-likeness (QED) is 0.765. The van der Waals surface area contributed by atoms with Crippen molar-refractivity contribution in [1.82, 2.24) is 4.90 Å². The van der Waals surface area contributed by atoms with Gasteiger partial charge in [-0.2, -0.15) is 0 Å². The number of fused-ring (bicyclic) bond motifs is 1. The van der Waals surface area contributed by atoms with Gasteiger partial charge in [0.1, 0.15) is 5.75 Å². The van der Waals surface area contributed by atoms with Crippen LogP contribution in [0.4, 0.5) is 5.69 Å². The summed E-state index contributed by atoms with van der Waals surface area (Å²) >= 11 is 3.56. The minimum Gasteiger partial charge on any atom is -0.508 e. The number of carbonyl (C=O) groups is 2. The summed E-state index contributed by atoms with van der Waals surface area (Å²) in [6.45, 7) is 1.52. The molecule has 1 N–H and O–H groups in total. The van der Waals surface area contributed by atoms with Crippen molar-refractivity contribution in [3.63, 3.8) is 0 Å². The van der Waals surface area contributed by atoms with Gasteiger partial charge in [0.2, 0.25) is 11.8 Å². The second kappa shape index (κ2) is 6.52. The Morgan fingerprint density at radius 1 is 1.08 bits per heavy atom. The number of aromatic hydroxyl groups is 1. The smallest absolute Gasteiger partial charge is 0.234 e. The van der Waals surface area contributed by atoms with Gasteiger partial charge in [-0.05, 0) is 41.9 Å². The number of phenols is 1. The molecule has 5 nitrogen and oxygen atoms in total. The highest BCUT2D eigenvalue weighted by Crippen LogP contribution is 2.42. The zero-order chi connectivity index (χ0) is 18.4. The molecule has 2 amide bonds. The van der Waals surface area contributed by atoms with Crippen LogP contribution in [-0.2, 0) is 16.1 Å². The van der Waals surface area contributed by atoms with Gasteiger partial charge in [0, 0.05) is 36.3 Å². The summed E-state index contributed by atoms with van der Waals surface area (Å²) in [6.07, 6.45) is 0.529. The maximum Gasteiger partial charge on any atom is 0.234 e. The molecule has 1 fully saturated rings. The summed E-state index contributed by atoms with van der Waals surface area (Å²) in [5, 5.41) is 10.1. The molecule has 4 rings (SSSR count). The first-order valence-corrected chi connectivity index (χ1v) is 9.39. The zero-order valence-electron chi connectivity index (χ0n) is 14.4. The SMILES string of the molecule is CN1Cc2c(Br)cc(O)cc2C(c2ccccc2N2C(=O)CCC2=O)C1. The average molecular weight is 415 g/mol. The van der Waals surface area contributed by atoms with Crippen LogP contribution in [0.3, 0.4) is 0 Å². The second-order valence-corrected chi connectivity index (χ2v) is 7.78. The molecule has 0 saturated carbocycles. The van der Waals surface area contributed by atoms with Crippen LogP contribution in [-0.4, -0.2) is 35.4 Å². The first kappa shape index (κ1) is 17.2. The Kier molecular flexibility index (Phi) is 4.32. The van der Waals surface area contributed by atoms with Crippen LogP contribution >= 0.6 is 15.9 Å². The molecule has 1 atom stereocenters. The van der Waals surface area contributed by atoms with Crippen LogP contribution in [0, 0.1) is 0 Å². The van der Waals surface area contributed by atoms with Crippen molar-refractivity contribution in [3.8, 4) is 5.75 Å². The highest BCUT2D eigenvalue weighted by Gasteiger charge is 2.35. The van der Waals surface area contributed by atoms with Gasteiger partial charge in [0.05, 0.1) is 5.69 Å². The molecule has 2 aromatic rings. The number of amides is 2. The van der Waals surface area contributed by atoms with Crippen molar-refractivity contribution >= 4 is 33.4 Å². The van der Waals surface area contributed by atoms with Gasteiger partial charge >= 0.3 is 0 Å². The highest BCUT2D eigenvalue weighted by molar-refractivity contribution is 9.10. The maximum absolute atomic E-state index is 12.3. The molecule has 134 valence electrons. The first-order chi connectivity index (χ1) is 12.5. The van der Waals surface area contributed by atoms with Gasteiger partial charge in [0.15, 0.2) is 0 Å². The summed E-state index contributed by atoms with van der Waals surface area (Å²) in [6, 6.07) is 11.1. The number of halogens is 1. The van der Waals surface area contributed by atoms with Crippen molar-refractivity contribution in [2.24, 2.45) is 0 Å². The predicted octanol–water partition coefficient (Wildman–Crippen LogP) is 3.39. The molecule has 0 bridgehead atoms. The van der Waals surface area contributed by atoms with Crippen LogP contribution in [0.5, 0.6) is 5.75 Å². The van der Waals surface area contributed by atoms with E-state index in [1.807, 2.05) is 31.3 Å². The molecule has 0 aromatic heterocycles. The number of benzene rings is 2. The van der Waals surface area contributed by atoms with Gasteiger partial charge in [0.25, 0.3) is 0 Å². The molecule has 0 aliphatic carbocycles. The number of hydrogen-bond acceptors (Lipinski definition) is 4. The van der Waals surface area contributed by atoms with Crippen molar-refractivity contribution < 1.29 is 14.7 Å². The summed E-state index contributed by atoms with van der Waals surface area (Å²) in [7, 11) is 2.05. The summed E-state index contributed by atoms with van der Waals surface area (Å²) in [5.41, 5.74) is 3.74. The molecule has 0 spiro atoms. The Labute approximate surface area is 160 Å². The standard InChI is InChI=1S/C20H19BrN2O3/c1-22-10-15(14-8-12(24)9-17(21)16(14)11-22)13-4-2-3-5-18(13)23-19(25)6-7-20(23)26/h2-5,8-9,15,24H,6-7,10-11H2,1H3. The van der Waals surface area contributed by atoms with Gasteiger partial charge in [-0.1, -0.05) is 34.1 Å². The number of rotatable bonds is 2. The van der Waals surface area contributed by atoms with Crippen LogP contribution in [0.1, 0.15) is 35.4 Å². The number of nitrogens with zero attached hydrogens (tertiary/aromatic N) is 2. The molecule has 26 heavy (non-hydrogen) atoms. The normalized spacial score (nSPS) is 20.5. The first-order valence-electron chi connectivity index (χ1n) is 8.60. The number of phenolic OH excluding ortho intramolecular Hbond substituents is 1. The Morgan fingerprint density at radius 2 is 1.77 bits per heavy atom. The zero-order valence-corrected chi connectivity index (χ0v) is 16.0. The van der Waals surface area contributed by atoms with Crippen molar-refractivity contribution in [1.29, 1.82) is 0 Å². The summed E-state index contributed by atoms with van der Waals surface area (Å²) in [4.78, 5) is 28.1. The fourth-order valence-corrected chi connectivity index (χ4v) is 4.55. The molecule has 1 saturated heterocycles. The van der Waals surface area contributed by atoms with Gasteiger partial charge < -0.3 is 10.0 Å². The third kappa shape index (κ3) is 2.83. The summed E-state index contributed by atoms with van der Waals surface area (Å²) in [5.74, 6) is -0.131. The molecule has 2 aliphatic heterocycles. The lowest BCUT2D eigenvalue weighted by Gasteiger charge is -2.35. The van der Waals surface area contributed by atoms with Crippen LogP contribution in [0.2, 0.25) is 0 Å². The fourth-order valence-electron chi connectivity index (χ4n) is 3.96. The van der Waals surface area contributed by atoms with Crippen LogP contribution < -0.4 is 4.90 Å². The van der Waals surface area contributed by atoms with E-state index in [1.165, 1.54) is 4.90 Å². The van der Waals surface area contributed by atoms with Gasteiger partial charge in [-0.3, -0.25) is 14.5 Å². The molecule has 0 radical (unpaired) electrons. The number of para-hydroxylation sites is 1. The molecule has 2 aromatic carbocycles. The average Bonchev–Trinajstić information content (AvgIpc) is 2.93. The third-order valence-electron chi connectivity index (χ3n) is 5.12. The van der Waals surface area contributed by atoms with E-state index in [2.05, 4.69) is 20.8 Å². The molecular weight excluding hydrogens is 396 g/mol. The number of anilines is 1. The highest BCUT2D eigenvalue weighted by atomic mass is 79.9. The molecule has 1 unspecified atom stereocenters. The number of hydrogen-bond donors (Lipinski definition) is 1. The van der Waals surface area contributed by atoms with E-state index in [-0.39, 0.29) is 36.3 Å². The van der Waals surface area contributed by atoms with E-state index >= 15 is 0 Å². The van der Waals surface area contributed by atoms with Gasteiger partial charge in [-0.25, -0.2) is 0 Å². The minimum atomic E-state index is -0.149. The van der Waals surface area contributed by atoms with E-state index in [0.717, 1.165) is 34.3 Å². The molecule has 6 heteroatoms. The van der Waals surface area contributed by atoms with E-state index < -0.39 is 0 Å². The van der Waals surface area contributed by atoms with Crippen molar-refractivity contribution in [2.45, 2.75) is 25.3 Å². The van der Waals surface area contributed by atoms with Crippen LogP contribution in [0.25, 0.3) is 0 Å². The number of carbonyl (C=O) groups excluding carboxylic acids is 2. The van der Waals surface area contributed by atoms with E-state index in [0.29, 0.717) is 5.69 Å². The number of imide groups is 1. The maximum atomic E-state index is 12.3. The molecule has 2 heterocycles. The third-order valence-corrected chi connectivity index (χ3v) is 5.82. The van der Waals surface area contributed by atoms with E-state index in [4.69, 9.17) is 0 Å². The lowest BCUT2D eigenvalue weighted by molar-refractivity contribution is -0.121. The Hall–Kier alpha value is -2.18. The minimum absolute atomic E-state index is 0.0375. The predicted molar refractivity (Wildman–Crippen MR) is 102 cm³/mol. The monoisotopic (exact) mass is 414 g/mol. The fraction of sp³-hybridized carbons (Fsp3) is 0.300. The van der Waals surface area contributed by atoms with Crippen molar-refractivity contribution in [3.05, 3.63) is 57.6 Å². The van der Waals surface area contributed by atoms with E-state index in [1.54, 1.807) is 12.1 Å². The van der Waals surface area contributed by atoms with Crippen molar-refractivity contribution in [2.75, 3.05) is 18.5 Å². The topological polar surface area (TPSA) is 60.9 Å².